The molecule has 0 aromatic carbocycles. The van der Waals surface area contributed by atoms with Gasteiger partial charge in [-0.15, -0.1) is 0 Å². The van der Waals surface area contributed by atoms with Gasteiger partial charge in [-0.1, -0.05) is 5.11 Å². The molecule has 1 heterocycles. The lowest BCUT2D eigenvalue weighted by molar-refractivity contribution is -0.154. The van der Waals surface area contributed by atoms with Gasteiger partial charge in [0.1, 0.15) is 17.7 Å². The zero-order chi connectivity index (χ0) is 17.0. The molecule has 2 rings (SSSR count). The van der Waals surface area contributed by atoms with E-state index < -0.39 is 29.7 Å². The number of amides is 1. The molecule has 8 heteroatoms. The van der Waals surface area contributed by atoms with Crippen LogP contribution in [0.3, 0.4) is 0 Å². The number of esters is 1. The molecule has 2 fully saturated rings. The minimum atomic E-state index is -0.749. The van der Waals surface area contributed by atoms with Crippen LogP contribution in [0.25, 0.3) is 10.4 Å². The lowest BCUT2D eigenvalue weighted by Gasteiger charge is -2.28. The molecule has 0 bridgehead atoms. The van der Waals surface area contributed by atoms with E-state index in [-0.39, 0.29) is 19.1 Å². The highest BCUT2D eigenvalue weighted by atomic mass is 16.6. The Morgan fingerprint density at radius 3 is 2.48 bits per heavy atom. The highest BCUT2D eigenvalue weighted by molar-refractivity contribution is 5.82. The standard InChI is InChI=1S/C15H24N4O4/c1-15(2,3)23-14(21)19-9-10(17-18-16)8-12(19)13(20)22-11-6-4-5-7-11/h10-12H,4-9H2,1-3H3/t10-,12-/m0/s1. The van der Waals surface area contributed by atoms with Crippen molar-refractivity contribution in [3.05, 3.63) is 10.4 Å². The molecule has 0 N–H and O–H groups in total. The minimum Gasteiger partial charge on any atom is -0.461 e. The van der Waals surface area contributed by atoms with E-state index in [4.69, 9.17) is 15.0 Å². The summed E-state index contributed by atoms with van der Waals surface area (Å²) in [7, 11) is 0. The largest absolute Gasteiger partial charge is 0.461 e. The molecule has 23 heavy (non-hydrogen) atoms. The molecule has 0 spiro atoms. The van der Waals surface area contributed by atoms with Gasteiger partial charge in [0.15, 0.2) is 0 Å². The van der Waals surface area contributed by atoms with Crippen LogP contribution in [0, 0.1) is 0 Å². The van der Waals surface area contributed by atoms with Crippen molar-refractivity contribution in [3.8, 4) is 0 Å². The van der Waals surface area contributed by atoms with Gasteiger partial charge in [0, 0.05) is 11.5 Å². The second-order valence-corrected chi connectivity index (χ2v) is 7.09. The number of likely N-dealkylation sites (tertiary alicyclic amines) is 1. The second-order valence-electron chi connectivity index (χ2n) is 7.09. The molecule has 0 aromatic heterocycles. The van der Waals surface area contributed by atoms with Crippen LogP contribution >= 0.6 is 0 Å². The molecule has 1 aliphatic heterocycles. The van der Waals surface area contributed by atoms with E-state index in [9.17, 15) is 9.59 Å². The second kappa shape index (κ2) is 7.08. The van der Waals surface area contributed by atoms with Gasteiger partial charge < -0.3 is 9.47 Å². The summed E-state index contributed by atoms with van der Waals surface area (Å²) >= 11 is 0. The van der Waals surface area contributed by atoms with Crippen molar-refractivity contribution in [1.82, 2.24) is 4.90 Å². The Morgan fingerprint density at radius 1 is 1.26 bits per heavy atom. The van der Waals surface area contributed by atoms with Gasteiger partial charge in [-0.25, -0.2) is 9.59 Å². The lowest BCUT2D eigenvalue weighted by Crippen LogP contribution is -2.44. The van der Waals surface area contributed by atoms with Crippen LogP contribution in [0.1, 0.15) is 52.9 Å². The van der Waals surface area contributed by atoms with Crippen molar-refractivity contribution >= 4 is 12.1 Å². The third kappa shape index (κ3) is 4.76. The SMILES string of the molecule is CC(C)(C)OC(=O)N1C[C@@H](N=[N+]=[N-])C[C@H]1C(=O)OC1CCCC1. The summed E-state index contributed by atoms with van der Waals surface area (Å²) in [5, 5.41) is 3.64. The maximum Gasteiger partial charge on any atom is 0.411 e. The van der Waals surface area contributed by atoms with Crippen LogP contribution in [-0.4, -0.2) is 47.3 Å². The normalized spacial score (nSPS) is 25.1. The van der Waals surface area contributed by atoms with Crippen molar-refractivity contribution < 1.29 is 19.1 Å². The van der Waals surface area contributed by atoms with Crippen LogP contribution in [-0.2, 0) is 14.3 Å². The Balaban J connectivity index is 2.07. The van der Waals surface area contributed by atoms with Crippen molar-refractivity contribution in [2.45, 2.75) is 76.7 Å². The summed E-state index contributed by atoms with van der Waals surface area (Å²) in [5.41, 5.74) is 7.94. The molecule has 1 saturated carbocycles. The molecule has 2 atom stereocenters. The highest BCUT2D eigenvalue weighted by Crippen LogP contribution is 2.27. The monoisotopic (exact) mass is 324 g/mol. The molecule has 0 radical (unpaired) electrons. The molecule has 0 aromatic rings. The number of nitrogens with zero attached hydrogens (tertiary/aromatic N) is 4. The van der Waals surface area contributed by atoms with Gasteiger partial charge in [-0.2, -0.15) is 0 Å². The molecule has 1 saturated heterocycles. The third-order valence-corrected chi connectivity index (χ3v) is 3.98. The highest BCUT2D eigenvalue weighted by Gasteiger charge is 2.42. The topological polar surface area (TPSA) is 105 Å². The Bertz CT molecular complexity index is 504. The quantitative estimate of drug-likeness (QED) is 0.344. The van der Waals surface area contributed by atoms with E-state index in [1.54, 1.807) is 20.8 Å². The Labute approximate surface area is 135 Å². The van der Waals surface area contributed by atoms with Crippen molar-refractivity contribution in [3.63, 3.8) is 0 Å². The number of ether oxygens (including phenoxy) is 2. The van der Waals surface area contributed by atoms with Gasteiger partial charge >= 0.3 is 12.1 Å². The summed E-state index contributed by atoms with van der Waals surface area (Å²) in [5.74, 6) is -0.432. The van der Waals surface area contributed by atoms with E-state index in [0.717, 1.165) is 25.7 Å². The fourth-order valence-electron chi connectivity index (χ4n) is 2.97. The average molecular weight is 324 g/mol. The summed E-state index contributed by atoms with van der Waals surface area (Å²) in [4.78, 5) is 28.8. The van der Waals surface area contributed by atoms with Crippen molar-refractivity contribution in [2.24, 2.45) is 5.11 Å². The third-order valence-electron chi connectivity index (χ3n) is 3.98. The number of azide groups is 1. The zero-order valence-electron chi connectivity index (χ0n) is 13.9. The number of carbonyl (C=O) groups is 2. The fourth-order valence-corrected chi connectivity index (χ4v) is 2.97. The van der Waals surface area contributed by atoms with Crippen LogP contribution in [0.4, 0.5) is 4.79 Å². The number of hydrogen-bond acceptors (Lipinski definition) is 5. The molecular formula is C15H24N4O4. The summed E-state index contributed by atoms with van der Waals surface area (Å²) in [6.45, 7) is 5.45. The van der Waals surface area contributed by atoms with E-state index >= 15 is 0 Å². The van der Waals surface area contributed by atoms with E-state index in [1.165, 1.54) is 4.90 Å². The van der Waals surface area contributed by atoms with Gasteiger partial charge in [0.2, 0.25) is 0 Å². The fraction of sp³-hybridized carbons (Fsp3) is 0.867. The number of carbonyl (C=O) groups excluding carboxylic acids is 2. The zero-order valence-corrected chi connectivity index (χ0v) is 13.9. The first kappa shape index (κ1) is 17.4. The van der Waals surface area contributed by atoms with E-state index in [2.05, 4.69) is 10.0 Å². The summed E-state index contributed by atoms with van der Waals surface area (Å²) in [6.07, 6.45) is 3.46. The molecule has 0 unspecified atom stereocenters. The molecular weight excluding hydrogens is 300 g/mol. The average Bonchev–Trinajstić information content (AvgIpc) is 3.06. The maximum absolute atomic E-state index is 12.4. The lowest BCUT2D eigenvalue weighted by atomic mass is 10.2. The predicted molar refractivity (Wildman–Crippen MR) is 82.6 cm³/mol. The Kier molecular flexibility index (Phi) is 5.36. The Morgan fingerprint density at radius 2 is 1.91 bits per heavy atom. The van der Waals surface area contributed by atoms with Crippen LogP contribution in [0.5, 0.6) is 0 Å². The van der Waals surface area contributed by atoms with Gasteiger partial charge in [-0.05, 0) is 58.4 Å². The van der Waals surface area contributed by atoms with Crippen LogP contribution in [0.15, 0.2) is 5.11 Å². The smallest absolute Gasteiger partial charge is 0.411 e. The van der Waals surface area contributed by atoms with Gasteiger partial charge in [0.25, 0.3) is 0 Å². The summed E-state index contributed by atoms with van der Waals surface area (Å²) in [6, 6.07) is -1.19. The first-order chi connectivity index (χ1) is 10.8. The Hall–Kier alpha value is -1.95. The van der Waals surface area contributed by atoms with Crippen LogP contribution < -0.4 is 0 Å². The first-order valence-electron chi connectivity index (χ1n) is 8.04. The maximum atomic E-state index is 12.4. The molecule has 2 aliphatic rings. The van der Waals surface area contributed by atoms with Gasteiger partial charge in [-0.3, -0.25) is 4.90 Å². The first-order valence-corrected chi connectivity index (χ1v) is 8.04. The number of rotatable bonds is 3. The van der Waals surface area contributed by atoms with Crippen LogP contribution in [0.2, 0.25) is 0 Å². The molecule has 1 amide bonds. The molecule has 1 aliphatic carbocycles. The predicted octanol–water partition coefficient (Wildman–Crippen LogP) is 3.16. The number of hydrogen-bond donors (Lipinski definition) is 0. The molecule has 8 nitrogen and oxygen atoms in total. The minimum absolute atomic E-state index is 0.0681. The molecule has 128 valence electrons. The van der Waals surface area contributed by atoms with Crippen molar-refractivity contribution in [1.29, 1.82) is 0 Å². The van der Waals surface area contributed by atoms with Crippen molar-refractivity contribution in [2.75, 3.05) is 6.54 Å². The summed E-state index contributed by atoms with van der Waals surface area (Å²) < 4.78 is 10.9. The van der Waals surface area contributed by atoms with E-state index in [1.807, 2.05) is 0 Å². The van der Waals surface area contributed by atoms with E-state index in [0.29, 0.717) is 0 Å². The van der Waals surface area contributed by atoms with Gasteiger partial charge in [0.05, 0.1) is 6.04 Å².